The Morgan fingerprint density at radius 1 is 0.833 bits per heavy atom. The van der Waals surface area contributed by atoms with Crippen LogP contribution < -0.4 is 0 Å². The van der Waals surface area contributed by atoms with Gasteiger partial charge >= 0.3 is 29.6 Å². The van der Waals surface area contributed by atoms with Crippen LogP contribution in [0.15, 0.2) is 0 Å². The van der Waals surface area contributed by atoms with Gasteiger partial charge in [0.15, 0.2) is 0 Å². The predicted molar refractivity (Wildman–Crippen MR) is 10.2 cm³/mol. The van der Waals surface area contributed by atoms with Gasteiger partial charge in [0, 0.05) is 0 Å². The molecule has 0 aromatic rings. The van der Waals surface area contributed by atoms with E-state index in [1.54, 1.807) is 0 Å². The summed E-state index contributed by atoms with van der Waals surface area (Å²) in [5, 5.41) is 0. The Kier molecular flexibility index (Phi) is 4.31. The minimum atomic E-state index is -6.00. The standard InChI is InChI=1S/Ag.BF4/c;2-1(3,4)5/q+1;-1. The molecule has 0 unspecified atom stereocenters. The molecule has 0 aliphatic rings. The molecule has 0 heterocycles. The summed E-state index contributed by atoms with van der Waals surface area (Å²) in [4.78, 5) is 0. The van der Waals surface area contributed by atoms with Crippen molar-refractivity contribution in [3.8, 4) is 0 Å². The zero-order valence-corrected chi connectivity index (χ0v) is 3.87. The fourth-order valence-electron chi connectivity index (χ4n) is 0. The van der Waals surface area contributed by atoms with Crippen molar-refractivity contribution in [3.05, 3.63) is 0 Å². The van der Waals surface area contributed by atoms with E-state index in [1.807, 2.05) is 0 Å². The smallest absolute Gasteiger partial charge is 0.418 e. The van der Waals surface area contributed by atoms with E-state index in [9.17, 15) is 17.3 Å². The van der Waals surface area contributed by atoms with Crippen molar-refractivity contribution in [1.82, 2.24) is 0 Å². The molecule has 0 bridgehead atoms. The second kappa shape index (κ2) is 2.66. The van der Waals surface area contributed by atoms with Crippen LogP contribution in [0.5, 0.6) is 0 Å². The summed E-state index contributed by atoms with van der Waals surface area (Å²) in [5.74, 6) is 0. The van der Waals surface area contributed by atoms with Gasteiger partial charge in [-0.05, 0) is 0 Å². The maximum absolute atomic E-state index is 9.75. The molecule has 0 aromatic heterocycles. The molecular weight excluding hydrogens is 195 g/mol. The molecule has 0 spiro atoms. The summed E-state index contributed by atoms with van der Waals surface area (Å²) in [6, 6.07) is 0. The quantitative estimate of drug-likeness (QED) is 0.403. The van der Waals surface area contributed by atoms with Crippen LogP contribution in [0, 0.1) is 0 Å². The van der Waals surface area contributed by atoms with Crippen LogP contribution in [0.4, 0.5) is 17.3 Å². The van der Waals surface area contributed by atoms with Gasteiger partial charge in [-0.25, -0.2) is 0 Å². The molecule has 0 rings (SSSR count). The third-order valence-electron chi connectivity index (χ3n) is 0. The summed E-state index contributed by atoms with van der Waals surface area (Å²) in [5.41, 5.74) is 0. The second-order valence-electron chi connectivity index (χ2n) is 0.495. The molecule has 0 aliphatic carbocycles. The molecule has 0 radical (unpaired) electrons. The topological polar surface area (TPSA) is 0 Å². The van der Waals surface area contributed by atoms with Crippen molar-refractivity contribution in [2.45, 2.75) is 0 Å². The van der Waals surface area contributed by atoms with Gasteiger partial charge < -0.3 is 17.3 Å². The van der Waals surface area contributed by atoms with Gasteiger partial charge in [0.05, 0.1) is 0 Å². The van der Waals surface area contributed by atoms with E-state index >= 15 is 0 Å². The molecule has 42 valence electrons. The molecule has 0 nitrogen and oxygen atoms in total. The Labute approximate surface area is 47.5 Å². The van der Waals surface area contributed by atoms with Crippen LogP contribution in [0.1, 0.15) is 0 Å². The maximum Gasteiger partial charge on any atom is 1.00 e. The number of hydrogen-bond acceptors (Lipinski definition) is 0. The van der Waals surface area contributed by atoms with E-state index in [0.717, 1.165) is 0 Å². The molecule has 6 heteroatoms. The van der Waals surface area contributed by atoms with Crippen LogP contribution in [-0.4, -0.2) is 7.25 Å². The van der Waals surface area contributed by atoms with E-state index in [4.69, 9.17) is 0 Å². The van der Waals surface area contributed by atoms with Crippen LogP contribution in [-0.2, 0) is 22.4 Å². The van der Waals surface area contributed by atoms with Crippen LogP contribution in [0.25, 0.3) is 0 Å². The molecule has 0 saturated carbocycles. The fraction of sp³-hybridized carbons (Fsp3) is 0. The summed E-state index contributed by atoms with van der Waals surface area (Å²) in [7, 11) is -6.00. The van der Waals surface area contributed by atoms with Gasteiger partial charge in [0.1, 0.15) is 0 Å². The first-order valence-corrected chi connectivity index (χ1v) is 0.873. The third kappa shape index (κ3) is 204. The van der Waals surface area contributed by atoms with Crippen molar-refractivity contribution in [2.24, 2.45) is 0 Å². The average molecular weight is 195 g/mol. The molecule has 0 aromatic carbocycles. The maximum atomic E-state index is 9.75. The summed E-state index contributed by atoms with van der Waals surface area (Å²) >= 11 is 0. The first kappa shape index (κ1) is 9.73. The minimum absolute atomic E-state index is 0. The van der Waals surface area contributed by atoms with Gasteiger partial charge in [-0.1, -0.05) is 0 Å². The summed E-state index contributed by atoms with van der Waals surface area (Å²) in [6.07, 6.45) is 0. The van der Waals surface area contributed by atoms with Crippen LogP contribution >= 0.6 is 0 Å². The molecule has 0 N–H and O–H groups in total. The van der Waals surface area contributed by atoms with Gasteiger partial charge in [0.25, 0.3) is 0 Å². The second-order valence-corrected chi connectivity index (χ2v) is 0.495. The Hall–Kier alpha value is 0.525. The number of halogens is 4. The average Bonchev–Trinajstić information content (AvgIpc) is 0.722. The molecule has 6 heavy (non-hydrogen) atoms. The third-order valence-corrected chi connectivity index (χ3v) is 0. The zero-order valence-electron chi connectivity index (χ0n) is 2.39. The SMILES string of the molecule is F[B-](F)(F)F.[Ag+]. The Bertz CT molecular complexity index is 23.0. The van der Waals surface area contributed by atoms with Gasteiger partial charge in [-0.15, -0.1) is 0 Å². The Balaban J connectivity index is 0. The monoisotopic (exact) mass is 194 g/mol. The molecular formula is AgBF4. The van der Waals surface area contributed by atoms with Gasteiger partial charge in [-0.2, -0.15) is 0 Å². The zero-order chi connectivity index (χ0) is 4.50. The normalized spacial score (nSPS) is 10.0. The van der Waals surface area contributed by atoms with E-state index in [-0.39, 0.29) is 22.4 Å². The summed E-state index contributed by atoms with van der Waals surface area (Å²) < 4.78 is 39.0. The minimum Gasteiger partial charge on any atom is -0.418 e. The molecule has 0 aliphatic heterocycles. The first-order valence-electron chi connectivity index (χ1n) is 0.873. The number of hydrogen-bond donors (Lipinski definition) is 0. The molecule has 0 amide bonds. The first-order chi connectivity index (χ1) is 2.00. The molecule has 0 saturated heterocycles. The number of rotatable bonds is 0. The van der Waals surface area contributed by atoms with Crippen molar-refractivity contribution >= 4 is 7.25 Å². The van der Waals surface area contributed by atoms with E-state index in [1.165, 1.54) is 0 Å². The van der Waals surface area contributed by atoms with Crippen LogP contribution in [0.3, 0.4) is 0 Å². The van der Waals surface area contributed by atoms with Crippen molar-refractivity contribution < 1.29 is 39.6 Å². The summed E-state index contributed by atoms with van der Waals surface area (Å²) in [6.45, 7) is 0. The van der Waals surface area contributed by atoms with Gasteiger partial charge in [-0.3, -0.25) is 0 Å². The Morgan fingerprint density at radius 2 is 0.833 bits per heavy atom. The molecule has 0 atom stereocenters. The van der Waals surface area contributed by atoms with E-state index < -0.39 is 7.25 Å². The van der Waals surface area contributed by atoms with E-state index in [2.05, 4.69) is 0 Å². The fourth-order valence-corrected chi connectivity index (χ4v) is 0. The van der Waals surface area contributed by atoms with Crippen molar-refractivity contribution in [1.29, 1.82) is 0 Å². The Morgan fingerprint density at radius 3 is 0.833 bits per heavy atom. The van der Waals surface area contributed by atoms with Crippen molar-refractivity contribution in [2.75, 3.05) is 0 Å². The van der Waals surface area contributed by atoms with Crippen LogP contribution in [0.2, 0.25) is 0 Å². The predicted octanol–water partition coefficient (Wildman–Crippen LogP) is 1.30. The van der Waals surface area contributed by atoms with Crippen molar-refractivity contribution in [3.63, 3.8) is 0 Å². The van der Waals surface area contributed by atoms with Gasteiger partial charge in [0.2, 0.25) is 0 Å². The van der Waals surface area contributed by atoms with E-state index in [0.29, 0.717) is 0 Å². The largest absolute Gasteiger partial charge is 1.00 e. The molecule has 0 fully saturated rings.